The lowest BCUT2D eigenvalue weighted by atomic mass is 10.00. The predicted molar refractivity (Wildman–Crippen MR) is 273 cm³/mol. The van der Waals surface area contributed by atoms with Crippen LogP contribution in [0.1, 0.15) is 154 Å². The van der Waals surface area contributed by atoms with E-state index in [1.54, 1.807) is 0 Å². The highest BCUT2D eigenvalue weighted by Crippen LogP contribution is 2.36. The van der Waals surface area contributed by atoms with Crippen molar-refractivity contribution in [3.63, 3.8) is 0 Å². The topological polar surface area (TPSA) is 79.2 Å². The average molecular weight is 895 g/mol. The second-order valence-corrected chi connectivity index (χ2v) is 30.4. The Kier molecular flexibility index (Phi) is 24.0. The fourth-order valence-corrected chi connectivity index (χ4v) is 14.0. The van der Waals surface area contributed by atoms with Crippen LogP contribution in [0.4, 0.5) is 0 Å². The van der Waals surface area contributed by atoms with E-state index in [2.05, 4.69) is 110 Å². The molecule has 9 heteroatoms. The molecule has 0 saturated carbocycles. The summed E-state index contributed by atoms with van der Waals surface area (Å²) >= 11 is 0. The van der Waals surface area contributed by atoms with Crippen LogP contribution in [-0.4, -0.2) is 49.3 Å². The van der Waals surface area contributed by atoms with Crippen molar-refractivity contribution in [2.75, 3.05) is 13.2 Å². The molecule has 0 N–H and O–H groups in total. The number of aromatic nitrogens is 4. The van der Waals surface area contributed by atoms with E-state index in [4.69, 9.17) is 14.2 Å². The van der Waals surface area contributed by atoms with Gasteiger partial charge in [-0.05, 0) is 85.0 Å². The molecule has 0 atom stereocenters. The van der Waals surface area contributed by atoms with Gasteiger partial charge in [0.05, 0.1) is 13.2 Å². The number of hydrogen-bond acceptors (Lipinski definition) is 7. The quantitative estimate of drug-likeness (QED) is 0.0341. The molecule has 0 spiro atoms. The molecule has 0 bridgehead atoms. The summed E-state index contributed by atoms with van der Waals surface area (Å²) in [6.07, 6.45) is 31.6. The number of hydrogen-bond donors (Lipinski definition) is 0. The third-order valence-corrected chi connectivity index (χ3v) is 19.6. The Morgan fingerprint density at radius 2 is 0.762 bits per heavy atom. The van der Waals surface area contributed by atoms with Crippen molar-refractivity contribution in [3.05, 3.63) is 72.3 Å². The van der Waals surface area contributed by atoms with Crippen LogP contribution >= 0.6 is 0 Å². The van der Waals surface area contributed by atoms with Crippen LogP contribution in [0.2, 0.25) is 50.4 Å². The Morgan fingerprint density at radius 1 is 0.397 bits per heavy atom. The summed E-state index contributed by atoms with van der Waals surface area (Å²) in [6.45, 7) is 20.7. The summed E-state index contributed by atoms with van der Waals surface area (Å²) in [6, 6.07) is 19.8. The zero-order valence-electron chi connectivity index (χ0n) is 41.2. The highest BCUT2D eigenvalue weighted by molar-refractivity contribution is 6.77. The van der Waals surface area contributed by atoms with E-state index in [1.165, 1.54) is 125 Å². The molecule has 0 amide bonds. The molecule has 2 aromatic carbocycles. The van der Waals surface area contributed by atoms with Gasteiger partial charge in [-0.2, -0.15) is 0 Å². The smallest absolute Gasteiger partial charge is 0.316 e. The molecule has 0 saturated heterocycles. The van der Waals surface area contributed by atoms with E-state index in [-0.39, 0.29) is 0 Å². The molecule has 7 nitrogen and oxygen atoms in total. The summed E-state index contributed by atoms with van der Waals surface area (Å²) in [7, 11) is -2.38. The van der Waals surface area contributed by atoms with Crippen LogP contribution < -0.4 is 14.2 Å². The van der Waals surface area contributed by atoms with Gasteiger partial charge in [-0.1, -0.05) is 180 Å². The van der Waals surface area contributed by atoms with Crippen LogP contribution in [0.5, 0.6) is 23.5 Å². The number of unbranched alkanes of at least 4 members (excludes halogenated alkanes) is 12. The minimum absolute atomic E-state index is 0.455. The first-order chi connectivity index (χ1) is 30.6. The fraction of sp³-hybridized carbons (Fsp3) is 0.630. The molecule has 4 rings (SSSR count). The maximum atomic E-state index is 7.04. The maximum absolute atomic E-state index is 7.04. The summed E-state index contributed by atoms with van der Waals surface area (Å²) in [5.74, 6) is 1.87. The number of benzene rings is 2. The highest BCUT2D eigenvalue weighted by Gasteiger charge is 2.21. The van der Waals surface area contributed by atoms with E-state index in [0.717, 1.165) is 72.3 Å². The van der Waals surface area contributed by atoms with Gasteiger partial charge in [0, 0.05) is 52.1 Å². The summed E-state index contributed by atoms with van der Waals surface area (Å²) in [5, 5.41) is 0. The molecule has 0 radical (unpaired) electrons. The second-order valence-electron chi connectivity index (χ2n) is 19.7. The molecule has 0 aliphatic heterocycles. The molecule has 0 unspecified atom stereocenters. The van der Waals surface area contributed by atoms with Crippen molar-refractivity contribution in [1.82, 2.24) is 19.9 Å². The third kappa shape index (κ3) is 20.0. The number of aryl methyl sites for hydroxylation is 2. The summed E-state index contributed by atoms with van der Waals surface area (Å²) in [5.41, 5.74) is 6.67. The Labute approximate surface area is 386 Å². The lowest BCUT2D eigenvalue weighted by Crippen LogP contribution is -2.24. The molecule has 63 heavy (non-hydrogen) atoms. The van der Waals surface area contributed by atoms with Gasteiger partial charge < -0.3 is 14.2 Å². The molecule has 0 aliphatic carbocycles. The van der Waals surface area contributed by atoms with E-state index >= 15 is 0 Å². The van der Waals surface area contributed by atoms with E-state index in [9.17, 15) is 0 Å². The van der Waals surface area contributed by atoms with Crippen molar-refractivity contribution in [1.29, 1.82) is 0 Å². The van der Waals surface area contributed by atoms with Crippen molar-refractivity contribution >= 4 is 16.1 Å². The lowest BCUT2D eigenvalue weighted by molar-refractivity contribution is 0.281. The van der Waals surface area contributed by atoms with Crippen molar-refractivity contribution in [2.24, 2.45) is 0 Å². The summed E-state index contributed by atoms with van der Waals surface area (Å²) < 4.78 is 18.8. The van der Waals surface area contributed by atoms with Gasteiger partial charge in [0.15, 0.2) is 0 Å². The molecule has 0 fully saturated rings. The van der Waals surface area contributed by atoms with Crippen LogP contribution in [0.25, 0.3) is 22.3 Å². The van der Waals surface area contributed by atoms with Gasteiger partial charge in [0.1, 0.15) is 11.5 Å². The SMILES string of the molecule is CCCCCCCOc1ncc(-c2ccc(Oc3ccc(-c4cnc(OCCCCCCC)nc4)cc3CCCC[Si](C)(C)CCCC)c(CCCC[Si](C)(C)CCCC)c2)cn1. The van der Waals surface area contributed by atoms with Crippen LogP contribution in [0, 0.1) is 0 Å². The van der Waals surface area contributed by atoms with E-state index in [0.29, 0.717) is 25.2 Å². The Bertz CT molecular complexity index is 1700. The molecule has 2 heterocycles. The zero-order valence-corrected chi connectivity index (χ0v) is 43.2. The average Bonchev–Trinajstić information content (AvgIpc) is 3.29. The van der Waals surface area contributed by atoms with Crippen LogP contribution in [0.15, 0.2) is 61.2 Å². The Balaban J connectivity index is 1.56. The molecule has 348 valence electrons. The second kappa shape index (κ2) is 29.1. The van der Waals surface area contributed by atoms with Crippen LogP contribution in [-0.2, 0) is 12.8 Å². The first-order valence-electron chi connectivity index (χ1n) is 25.4. The van der Waals surface area contributed by atoms with Gasteiger partial charge >= 0.3 is 12.0 Å². The monoisotopic (exact) mass is 895 g/mol. The standard InChI is InChI=1S/C54H86N4O3Si2/c1-9-13-17-19-23-33-59-53-55-41-49(42-56-53)45-29-31-51(47(39-45)27-21-25-37-62(5,6)35-15-11-3)61-52-32-30-46(40-48(52)28-22-26-38-63(7,8)36-16-12-4)50-43-57-54(58-44-50)60-34-24-20-18-14-10-2/h29-32,39-44H,9-28,33-38H2,1-8H3. The largest absolute Gasteiger partial charge is 0.463 e. The van der Waals surface area contributed by atoms with Gasteiger partial charge in [0.2, 0.25) is 0 Å². The predicted octanol–water partition coefficient (Wildman–Crippen LogP) is 16.8. The van der Waals surface area contributed by atoms with Crippen molar-refractivity contribution < 1.29 is 14.2 Å². The van der Waals surface area contributed by atoms with Crippen LogP contribution in [0.3, 0.4) is 0 Å². The first-order valence-corrected chi connectivity index (χ1v) is 32.2. The molecule has 0 aliphatic rings. The maximum Gasteiger partial charge on any atom is 0.316 e. The van der Waals surface area contributed by atoms with Crippen molar-refractivity contribution in [3.8, 4) is 45.8 Å². The minimum atomic E-state index is -1.19. The van der Waals surface area contributed by atoms with E-state index in [1.807, 2.05) is 24.8 Å². The number of rotatable bonds is 34. The zero-order chi connectivity index (χ0) is 45.2. The van der Waals surface area contributed by atoms with Gasteiger partial charge in [-0.25, -0.2) is 19.9 Å². The molecular weight excluding hydrogens is 809 g/mol. The van der Waals surface area contributed by atoms with Gasteiger partial charge in [0.25, 0.3) is 0 Å². The minimum Gasteiger partial charge on any atom is -0.463 e. The number of nitrogens with zero attached hydrogens (tertiary/aromatic N) is 4. The normalized spacial score (nSPS) is 11.9. The molecule has 2 aromatic heterocycles. The fourth-order valence-electron chi connectivity index (χ4n) is 8.44. The summed E-state index contributed by atoms with van der Waals surface area (Å²) in [4.78, 5) is 18.4. The lowest BCUT2D eigenvalue weighted by Gasteiger charge is -2.22. The highest BCUT2D eigenvalue weighted by atomic mass is 28.3. The van der Waals surface area contributed by atoms with Crippen molar-refractivity contribution in [2.45, 2.75) is 206 Å². The van der Waals surface area contributed by atoms with Gasteiger partial charge in [-0.15, -0.1) is 0 Å². The Morgan fingerprint density at radius 3 is 1.14 bits per heavy atom. The molecule has 4 aromatic rings. The Hall–Kier alpha value is -3.57. The number of ether oxygens (including phenoxy) is 3. The molecular formula is C54H86N4O3Si2. The van der Waals surface area contributed by atoms with Gasteiger partial charge in [-0.3, -0.25) is 0 Å². The van der Waals surface area contributed by atoms with E-state index < -0.39 is 16.1 Å². The third-order valence-electron chi connectivity index (χ3n) is 12.7. The first kappa shape index (κ1) is 52.1.